The summed E-state index contributed by atoms with van der Waals surface area (Å²) in [5.41, 5.74) is 8.76. The van der Waals surface area contributed by atoms with Gasteiger partial charge in [-0.3, -0.25) is 14.6 Å². The molecule has 0 bridgehead atoms. The van der Waals surface area contributed by atoms with Crippen LogP contribution in [0.3, 0.4) is 0 Å². The second kappa shape index (κ2) is 4.44. The average molecular weight is 244 g/mol. The van der Waals surface area contributed by atoms with Gasteiger partial charge in [0.2, 0.25) is 0 Å². The Morgan fingerprint density at radius 1 is 1.33 bits per heavy atom. The van der Waals surface area contributed by atoms with E-state index in [4.69, 9.17) is 5.73 Å². The molecule has 0 spiro atoms. The van der Waals surface area contributed by atoms with Crippen molar-refractivity contribution in [1.82, 2.24) is 15.1 Å². The Hall–Kier alpha value is -1.85. The van der Waals surface area contributed by atoms with Crippen LogP contribution in [0.5, 0.6) is 0 Å². The Morgan fingerprint density at radius 2 is 2.11 bits per heavy atom. The van der Waals surface area contributed by atoms with Crippen molar-refractivity contribution in [3.05, 3.63) is 57.5 Å². The lowest BCUT2D eigenvalue weighted by Gasteiger charge is -2.20. The highest BCUT2D eigenvalue weighted by Crippen LogP contribution is 2.16. The number of aromatic nitrogens is 2. The van der Waals surface area contributed by atoms with Crippen molar-refractivity contribution < 1.29 is 0 Å². The summed E-state index contributed by atoms with van der Waals surface area (Å²) < 4.78 is 1.89. The Balaban J connectivity index is 1.99. The first-order chi connectivity index (χ1) is 8.75. The van der Waals surface area contributed by atoms with Gasteiger partial charge in [-0.15, -0.1) is 0 Å². The van der Waals surface area contributed by atoms with Crippen LogP contribution in [0.2, 0.25) is 0 Å². The highest BCUT2D eigenvalue weighted by Gasteiger charge is 2.24. The zero-order chi connectivity index (χ0) is 12.5. The van der Waals surface area contributed by atoms with Gasteiger partial charge in [-0.05, 0) is 5.56 Å². The predicted octanol–water partition coefficient (Wildman–Crippen LogP) is 0.328. The molecule has 1 aromatic heterocycles. The lowest BCUT2D eigenvalue weighted by molar-refractivity contribution is 0.520. The van der Waals surface area contributed by atoms with E-state index in [1.165, 1.54) is 0 Å². The molecule has 0 radical (unpaired) electrons. The van der Waals surface area contributed by atoms with Crippen LogP contribution in [0.25, 0.3) is 0 Å². The number of rotatable bonds is 2. The molecule has 4 N–H and O–H groups in total. The Bertz CT molecular complexity index is 599. The molecule has 1 atom stereocenters. The second-order valence-corrected chi connectivity index (χ2v) is 4.61. The minimum Gasteiger partial charge on any atom is -0.323 e. The molecule has 2 aromatic rings. The maximum atomic E-state index is 11.9. The Kier molecular flexibility index (Phi) is 2.77. The quantitative estimate of drug-likeness (QED) is 0.712. The fourth-order valence-electron chi connectivity index (χ4n) is 2.45. The molecule has 5 nitrogen and oxygen atoms in total. The normalized spacial score (nSPS) is 18.6. The molecule has 1 aromatic carbocycles. The zero-order valence-corrected chi connectivity index (χ0v) is 10.0. The largest absolute Gasteiger partial charge is 0.323 e. The van der Waals surface area contributed by atoms with Crippen LogP contribution in [-0.4, -0.2) is 16.3 Å². The maximum absolute atomic E-state index is 11.9. The zero-order valence-electron chi connectivity index (χ0n) is 10.0. The molecule has 0 saturated heterocycles. The Labute approximate surface area is 105 Å². The first-order valence-electron chi connectivity index (χ1n) is 6.07. The van der Waals surface area contributed by atoms with Crippen LogP contribution in [0.4, 0.5) is 0 Å². The van der Waals surface area contributed by atoms with E-state index in [1.54, 1.807) is 0 Å². The van der Waals surface area contributed by atoms with Crippen LogP contribution < -0.4 is 16.6 Å². The fraction of sp³-hybridized carbons (Fsp3) is 0.308. The molecule has 18 heavy (non-hydrogen) atoms. The first-order valence-corrected chi connectivity index (χ1v) is 6.07. The number of nitrogens with two attached hydrogens (primary N) is 1. The van der Waals surface area contributed by atoms with E-state index in [0.29, 0.717) is 19.6 Å². The van der Waals surface area contributed by atoms with Crippen LogP contribution in [0.1, 0.15) is 22.9 Å². The van der Waals surface area contributed by atoms with E-state index >= 15 is 0 Å². The summed E-state index contributed by atoms with van der Waals surface area (Å²) >= 11 is 0. The standard InChI is InChI=1S/C13H16N4O/c14-10-6-15-7-11-12(10)13(18)16-17(11)8-9-4-2-1-3-5-9/h1-5,10,15H,6-8,14H2,(H,16,18). The SMILES string of the molecule is NC1CNCc2c1c(=O)[nH]n2Cc1ccccc1. The van der Waals surface area contributed by atoms with Gasteiger partial charge in [-0.1, -0.05) is 30.3 Å². The highest BCUT2D eigenvalue weighted by molar-refractivity contribution is 5.26. The summed E-state index contributed by atoms with van der Waals surface area (Å²) in [5.74, 6) is 0. The summed E-state index contributed by atoms with van der Waals surface area (Å²) in [5, 5.41) is 6.10. The molecule has 5 heteroatoms. The molecule has 1 aliphatic heterocycles. The lowest BCUT2D eigenvalue weighted by Crippen LogP contribution is -2.35. The van der Waals surface area contributed by atoms with Gasteiger partial charge in [0.1, 0.15) is 0 Å². The minimum atomic E-state index is -0.213. The predicted molar refractivity (Wildman–Crippen MR) is 69.2 cm³/mol. The van der Waals surface area contributed by atoms with Gasteiger partial charge in [0.15, 0.2) is 0 Å². The monoisotopic (exact) mass is 244 g/mol. The van der Waals surface area contributed by atoms with E-state index in [-0.39, 0.29) is 11.6 Å². The van der Waals surface area contributed by atoms with Gasteiger partial charge in [0.25, 0.3) is 5.56 Å². The summed E-state index contributed by atoms with van der Waals surface area (Å²) in [7, 11) is 0. The van der Waals surface area contributed by atoms with Gasteiger partial charge >= 0.3 is 0 Å². The molecule has 3 rings (SSSR count). The van der Waals surface area contributed by atoms with Gasteiger partial charge in [-0.25, -0.2) is 0 Å². The highest BCUT2D eigenvalue weighted by atomic mass is 16.1. The summed E-state index contributed by atoms with van der Waals surface area (Å²) in [6.45, 7) is 2.01. The van der Waals surface area contributed by atoms with Gasteiger partial charge < -0.3 is 11.1 Å². The summed E-state index contributed by atoms with van der Waals surface area (Å²) in [6, 6.07) is 9.84. The fourth-order valence-corrected chi connectivity index (χ4v) is 2.45. The van der Waals surface area contributed by atoms with Crippen molar-refractivity contribution in [3.8, 4) is 0 Å². The van der Waals surface area contributed by atoms with Crippen molar-refractivity contribution in [3.63, 3.8) is 0 Å². The third-order valence-corrected chi connectivity index (χ3v) is 3.33. The number of nitrogens with one attached hydrogen (secondary N) is 2. The molecule has 0 aliphatic carbocycles. The van der Waals surface area contributed by atoms with E-state index in [9.17, 15) is 4.79 Å². The molecule has 1 unspecified atom stereocenters. The maximum Gasteiger partial charge on any atom is 0.269 e. The number of benzene rings is 1. The van der Waals surface area contributed by atoms with Crippen molar-refractivity contribution in [2.24, 2.45) is 5.73 Å². The molecule has 94 valence electrons. The van der Waals surface area contributed by atoms with Gasteiger partial charge in [0.05, 0.1) is 17.8 Å². The average Bonchev–Trinajstić information content (AvgIpc) is 2.69. The Morgan fingerprint density at radius 3 is 2.89 bits per heavy atom. The van der Waals surface area contributed by atoms with E-state index < -0.39 is 0 Å². The van der Waals surface area contributed by atoms with Crippen LogP contribution in [-0.2, 0) is 13.1 Å². The van der Waals surface area contributed by atoms with E-state index in [2.05, 4.69) is 10.4 Å². The molecule has 2 heterocycles. The summed E-state index contributed by atoms with van der Waals surface area (Å²) in [4.78, 5) is 11.9. The van der Waals surface area contributed by atoms with Crippen molar-refractivity contribution in [2.45, 2.75) is 19.1 Å². The number of H-pyrrole nitrogens is 1. The number of fused-ring (bicyclic) bond motifs is 1. The molecular weight excluding hydrogens is 228 g/mol. The molecule has 1 aliphatic rings. The van der Waals surface area contributed by atoms with Crippen LogP contribution >= 0.6 is 0 Å². The van der Waals surface area contributed by atoms with Crippen LogP contribution in [0, 0.1) is 0 Å². The van der Waals surface area contributed by atoms with Gasteiger partial charge in [0, 0.05) is 19.1 Å². The lowest BCUT2D eigenvalue weighted by atomic mass is 10.0. The van der Waals surface area contributed by atoms with Crippen LogP contribution in [0.15, 0.2) is 35.1 Å². The van der Waals surface area contributed by atoms with Gasteiger partial charge in [-0.2, -0.15) is 0 Å². The van der Waals surface area contributed by atoms with Crippen molar-refractivity contribution in [2.75, 3.05) is 6.54 Å². The van der Waals surface area contributed by atoms with E-state index in [1.807, 2.05) is 35.0 Å². The minimum absolute atomic E-state index is 0.0602. The number of hydrogen-bond donors (Lipinski definition) is 3. The topological polar surface area (TPSA) is 75.8 Å². The number of aromatic amines is 1. The first kappa shape index (κ1) is 11.3. The number of nitrogens with zero attached hydrogens (tertiary/aromatic N) is 1. The molecular formula is C13H16N4O. The van der Waals surface area contributed by atoms with Crippen molar-refractivity contribution in [1.29, 1.82) is 0 Å². The van der Waals surface area contributed by atoms with E-state index in [0.717, 1.165) is 16.8 Å². The molecule has 0 saturated carbocycles. The number of hydrogen-bond acceptors (Lipinski definition) is 3. The summed E-state index contributed by atoms with van der Waals surface area (Å²) in [6.07, 6.45) is 0. The van der Waals surface area contributed by atoms with Crippen molar-refractivity contribution >= 4 is 0 Å². The molecule has 0 amide bonds. The third-order valence-electron chi connectivity index (χ3n) is 3.33. The second-order valence-electron chi connectivity index (χ2n) is 4.61. The smallest absolute Gasteiger partial charge is 0.269 e. The molecule has 0 fully saturated rings. The third kappa shape index (κ3) is 1.87.